The van der Waals surface area contributed by atoms with Gasteiger partial charge in [-0.05, 0) is 43.9 Å². The smallest absolute Gasteiger partial charge is 0.199 e. The van der Waals surface area contributed by atoms with Crippen molar-refractivity contribution < 1.29 is 4.74 Å². The summed E-state index contributed by atoms with van der Waals surface area (Å²) in [5.41, 5.74) is 2.28. The summed E-state index contributed by atoms with van der Waals surface area (Å²) < 4.78 is 10.2. The largest absolute Gasteiger partial charge is 0.490 e. The van der Waals surface area contributed by atoms with Gasteiger partial charge in [-0.2, -0.15) is 5.10 Å². The Morgan fingerprint density at radius 3 is 2.50 bits per heavy atom. The molecule has 0 aliphatic carbocycles. The molecule has 2 aromatic carbocycles. The number of hydrogen-bond donors (Lipinski definition) is 0. The molecule has 6 heteroatoms. The number of ether oxygens (including phenoxy) is 1. The van der Waals surface area contributed by atoms with Gasteiger partial charge in [-0.15, -0.1) is 0 Å². The second kappa shape index (κ2) is 9.48. The van der Waals surface area contributed by atoms with Crippen molar-refractivity contribution in [2.24, 2.45) is 0 Å². The van der Waals surface area contributed by atoms with E-state index in [1.54, 1.807) is 6.08 Å². The molecule has 0 radical (unpaired) electrons. The fourth-order valence-electron chi connectivity index (χ4n) is 3.06. The molecule has 0 fully saturated rings. The van der Waals surface area contributed by atoms with Crippen LogP contribution in [0.25, 0.3) is 11.4 Å². The first-order chi connectivity index (χ1) is 13.6. The van der Waals surface area contributed by atoms with E-state index in [-0.39, 0.29) is 0 Å². The maximum atomic E-state index is 5.66. The van der Waals surface area contributed by atoms with Crippen LogP contribution in [0.2, 0.25) is 0 Å². The van der Waals surface area contributed by atoms with Crippen LogP contribution in [0.4, 0.5) is 0 Å². The summed E-state index contributed by atoms with van der Waals surface area (Å²) >= 11 is 5.66. The van der Waals surface area contributed by atoms with Gasteiger partial charge in [0.2, 0.25) is 0 Å². The van der Waals surface area contributed by atoms with Gasteiger partial charge in [0.05, 0.1) is 6.67 Å². The summed E-state index contributed by atoms with van der Waals surface area (Å²) in [5.74, 6) is 1.76. The van der Waals surface area contributed by atoms with Gasteiger partial charge in [-0.3, -0.25) is 4.90 Å². The van der Waals surface area contributed by atoms with Gasteiger partial charge < -0.3 is 9.30 Å². The van der Waals surface area contributed by atoms with Crippen LogP contribution < -0.4 is 4.74 Å². The Hall–Kier alpha value is -2.70. The quantitative estimate of drug-likeness (QED) is 0.387. The molecule has 5 nitrogen and oxygen atoms in total. The highest BCUT2D eigenvalue weighted by Gasteiger charge is 2.12. The van der Waals surface area contributed by atoms with E-state index in [2.05, 4.69) is 54.3 Å². The Morgan fingerprint density at radius 1 is 1.14 bits per heavy atom. The first-order valence-electron chi connectivity index (χ1n) is 9.36. The fraction of sp³-hybridized carbons (Fsp3) is 0.273. The summed E-state index contributed by atoms with van der Waals surface area (Å²) in [6.45, 7) is 8.48. The molecule has 0 saturated carbocycles. The summed E-state index contributed by atoms with van der Waals surface area (Å²) in [5, 5.41) is 4.78. The molecule has 0 N–H and O–H groups in total. The van der Waals surface area contributed by atoms with E-state index in [9.17, 15) is 0 Å². The van der Waals surface area contributed by atoms with Crippen molar-refractivity contribution >= 4 is 12.2 Å². The van der Waals surface area contributed by atoms with Crippen molar-refractivity contribution in [3.05, 3.63) is 77.6 Å². The molecule has 0 aliphatic rings. The molecule has 0 amide bonds. The molecular weight excluding hydrogens is 368 g/mol. The van der Waals surface area contributed by atoms with Gasteiger partial charge >= 0.3 is 0 Å². The van der Waals surface area contributed by atoms with Crippen LogP contribution in [0.5, 0.6) is 5.75 Å². The van der Waals surface area contributed by atoms with Gasteiger partial charge in [0.1, 0.15) is 12.4 Å². The lowest BCUT2D eigenvalue weighted by atomic mass is 10.2. The van der Waals surface area contributed by atoms with E-state index >= 15 is 0 Å². The van der Waals surface area contributed by atoms with Crippen LogP contribution in [0.15, 0.2) is 67.3 Å². The summed E-state index contributed by atoms with van der Waals surface area (Å²) in [7, 11) is 2.07. The van der Waals surface area contributed by atoms with Gasteiger partial charge in [-0.25, -0.2) is 4.68 Å². The molecule has 28 heavy (non-hydrogen) atoms. The third-order valence-electron chi connectivity index (χ3n) is 4.39. The van der Waals surface area contributed by atoms with Crippen LogP contribution in [-0.4, -0.2) is 32.9 Å². The third-order valence-corrected chi connectivity index (χ3v) is 4.82. The van der Waals surface area contributed by atoms with Gasteiger partial charge in [0.15, 0.2) is 10.6 Å². The van der Waals surface area contributed by atoms with E-state index in [4.69, 9.17) is 22.1 Å². The standard InChI is InChI=1S/C22H26N4OS/c1-4-15-27-20-13-11-18(12-14-20)16-24(3)17-26-22(28)25(5-2)21(23-26)19-9-7-6-8-10-19/h4,6-14H,1,5,15-17H2,2-3H3. The monoisotopic (exact) mass is 394 g/mol. The van der Waals surface area contributed by atoms with Gasteiger partial charge in [-0.1, -0.05) is 55.1 Å². The van der Waals surface area contributed by atoms with Crippen LogP contribution in [0.1, 0.15) is 12.5 Å². The Bertz CT molecular complexity index is 960. The van der Waals surface area contributed by atoms with Crippen molar-refractivity contribution in [1.82, 2.24) is 19.2 Å². The van der Waals surface area contributed by atoms with Crippen molar-refractivity contribution in [1.29, 1.82) is 0 Å². The van der Waals surface area contributed by atoms with Gasteiger partial charge in [0, 0.05) is 18.7 Å². The predicted molar refractivity (Wildman–Crippen MR) is 116 cm³/mol. The van der Waals surface area contributed by atoms with Crippen LogP contribution >= 0.6 is 12.2 Å². The van der Waals surface area contributed by atoms with Crippen molar-refractivity contribution in [3.8, 4) is 17.1 Å². The molecule has 1 heterocycles. The van der Waals surface area contributed by atoms with Crippen LogP contribution in [-0.2, 0) is 19.8 Å². The lowest BCUT2D eigenvalue weighted by Gasteiger charge is -2.16. The van der Waals surface area contributed by atoms with Crippen molar-refractivity contribution in [2.75, 3.05) is 13.7 Å². The van der Waals surface area contributed by atoms with Crippen molar-refractivity contribution in [3.63, 3.8) is 0 Å². The highest BCUT2D eigenvalue weighted by Crippen LogP contribution is 2.19. The molecule has 0 atom stereocenters. The predicted octanol–water partition coefficient (Wildman–Crippen LogP) is 4.76. The average molecular weight is 395 g/mol. The number of benzene rings is 2. The van der Waals surface area contributed by atoms with Crippen LogP contribution in [0, 0.1) is 4.77 Å². The Morgan fingerprint density at radius 2 is 1.86 bits per heavy atom. The molecule has 0 unspecified atom stereocenters. The lowest BCUT2D eigenvalue weighted by Crippen LogP contribution is -2.22. The molecular formula is C22H26N4OS. The first kappa shape index (κ1) is 20.0. The molecule has 1 aromatic heterocycles. The zero-order valence-corrected chi connectivity index (χ0v) is 17.2. The van der Waals surface area contributed by atoms with E-state index in [0.717, 1.165) is 35.0 Å². The first-order valence-corrected chi connectivity index (χ1v) is 9.77. The summed E-state index contributed by atoms with van der Waals surface area (Å²) in [6, 6.07) is 18.3. The number of aromatic nitrogens is 3. The molecule has 146 valence electrons. The minimum atomic E-state index is 0.515. The zero-order valence-electron chi connectivity index (χ0n) is 16.4. The normalized spacial score (nSPS) is 11.0. The molecule has 0 saturated heterocycles. The second-order valence-corrected chi connectivity index (χ2v) is 6.98. The zero-order chi connectivity index (χ0) is 19.9. The number of hydrogen-bond acceptors (Lipinski definition) is 4. The lowest BCUT2D eigenvalue weighted by molar-refractivity contribution is 0.243. The Kier molecular flexibility index (Phi) is 6.79. The second-order valence-electron chi connectivity index (χ2n) is 6.62. The molecule has 0 bridgehead atoms. The third kappa shape index (κ3) is 4.77. The summed E-state index contributed by atoms with van der Waals surface area (Å²) in [6.07, 6.45) is 1.74. The van der Waals surface area contributed by atoms with Gasteiger partial charge in [0.25, 0.3) is 0 Å². The van der Waals surface area contributed by atoms with E-state index in [1.807, 2.05) is 35.0 Å². The Balaban J connectivity index is 1.72. The minimum absolute atomic E-state index is 0.515. The molecule has 3 aromatic rings. The van der Waals surface area contributed by atoms with Crippen molar-refractivity contribution in [2.45, 2.75) is 26.7 Å². The van der Waals surface area contributed by atoms with E-state index in [1.165, 1.54) is 5.56 Å². The minimum Gasteiger partial charge on any atom is -0.490 e. The molecule has 3 rings (SSSR count). The number of rotatable bonds is 9. The molecule has 0 spiro atoms. The maximum absolute atomic E-state index is 5.66. The van der Waals surface area contributed by atoms with E-state index in [0.29, 0.717) is 13.3 Å². The highest BCUT2D eigenvalue weighted by atomic mass is 32.1. The van der Waals surface area contributed by atoms with Crippen LogP contribution in [0.3, 0.4) is 0 Å². The Labute approximate surface area is 171 Å². The maximum Gasteiger partial charge on any atom is 0.199 e. The SMILES string of the molecule is C=CCOc1ccc(CN(C)Cn2nc(-c3ccccc3)n(CC)c2=S)cc1. The highest BCUT2D eigenvalue weighted by molar-refractivity contribution is 7.71. The topological polar surface area (TPSA) is 35.2 Å². The van der Waals surface area contributed by atoms with E-state index < -0.39 is 0 Å². The average Bonchev–Trinajstić information content (AvgIpc) is 3.03. The molecule has 0 aliphatic heterocycles. The fourth-order valence-corrected chi connectivity index (χ4v) is 3.37. The number of nitrogens with zero attached hydrogens (tertiary/aromatic N) is 4. The summed E-state index contributed by atoms with van der Waals surface area (Å²) in [4.78, 5) is 2.19.